The number of unbranched alkanes of at least 4 members (excludes halogenated alkanes) is 5. The number of hydrogen-bond acceptors (Lipinski definition) is 12. The van der Waals surface area contributed by atoms with Crippen molar-refractivity contribution in [3.8, 4) is 11.1 Å². The maximum absolute atomic E-state index is 13.3. The van der Waals surface area contributed by atoms with Gasteiger partial charge >= 0.3 is 0 Å². The van der Waals surface area contributed by atoms with Gasteiger partial charge in [0.25, 0.3) is 11.8 Å². The van der Waals surface area contributed by atoms with E-state index < -0.39 is 23.8 Å². The molecule has 1 atom stereocenters. The molecule has 3 aliphatic rings. The minimum atomic E-state index is -0.966. The van der Waals surface area contributed by atoms with Crippen LogP contribution in [-0.4, -0.2) is 98.3 Å². The molecule has 0 aliphatic carbocycles. The second-order valence-corrected chi connectivity index (χ2v) is 14.6. The number of carbonyl (C=O) groups is 4. The van der Waals surface area contributed by atoms with Crippen molar-refractivity contribution in [3.05, 3.63) is 90.3 Å². The van der Waals surface area contributed by atoms with E-state index in [9.17, 15) is 19.2 Å². The van der Waals surface area contributed by atoms with Gasteiger partial charge in [-0.2, -0.15) is 0 Å². The summed E-state index contributed by atoms with van der Waals surface area (Å²) in [5.74, 6) is -0.487. The quantitative estimate of drug-likeness (QED) is 0.0914. The Kier molecular flexibility index (Phi) is 11.0. The van der Waals surface area contributed by atoms with Crippen molar-refractivity contribution < 1.29 is 23.6 Å². The van der Waals surface area contributed by atoms with E-state index in [0.717, 1.165) is 79.4 Å². The molecule has 3 aliphatic heterocycles. The number of fused-ring (bicyclic) bond motifs is 2. The van der Waals surface area contributed by atoms with Crippen LogP contribution in [0.2, 0.25) is 0 Å². The van der Waals surface area contributed by atoms with E-state index >= 15 is 0 Å². The summed E-state index contributed by atoms with van der Waals surface area (Å²) in [6.07, 6.45) is 12.1. The van der Waals surface area contributed by atoms with Crippen LogP contribution in [0.15, 0.2) is 77.8 Å². The molecule has 6 heterocycles. The van der Waals surface area contributed by atoms with Crippen molar-refractivity contribution in [2.75, 3.05) is 54.8 Å². The first-order valence-corrected chi connectivity index (χ1v) is 19.6. The predicted octanol–water partition coefficient (Wildman–Crippen LogP) is 4.97. The number of furan rings is 1. The number of piperidine rings is 1. The fourth-order valence-electron chi connectivity index (χ4n) is 7.87. The van der Waals surface area contributed by atoms with Crippen molar-refractivity contribution in [3.63, 3.8) is 0 Å². The highest BCUT2D eigenvalue weighted by molar-refractivity contribution is 6.25. The minimum Gasteiger partial charge on any atom is -0.467 e. The van der Waals surface area contributed by atoms with Gasteiger partial charge in [-0.3, -0.25) is 38.7 Å². The largest absolute Gasteiger partial charge is 0.467 e. The van der Waals surface area contributed by atoms with Gasteiger partial charge in [0, 0.05) is 62.3 Å². The molecule has 3 N–H and O–H groups in total. The number of carbonyl (C=O) groups excluding carboxylic acids is 4. The van der Waals surface area contributed by atoms with Crippen LogP contribution in [-0.2, 0) is 16.1 Å². The summed E-state index contributed by atoms with van der Waals surface area (Å²) in [5, 5.41) is 17.4. The van der Waals surface area contributed by atoms with Gasteiger partial charge in [-0.1, -0.05) is 43.9 Å². The lowest BCUT2D eigenvalue weighted by molar-refractivity contribution is -0.136. The summed E-state index contributed by atoms with van der Waals surface area (Å²) in [6, 6.07) is 16.6. The van der Waals surface area contributed by atoms with Crippen molar-refractivity contribution in [1.29, 1.82) is 0 Å². The number of imide groups is 2. The zero-order valence-electron chi connectivity index (χ0n) is 31.3. The standard InChI is InChI=1S/C41H46N10O5/c52-35-17-16-34(38(53)46-35)51-39(54)31-10-7-11-33(36(31)40(51)55)42-18-5-3-1-2-4-6-19-48-20-22-49(23-21-48)29-14-12-28(13-15-29)32-26-44-41(50-27-45-47-37(32)50)43-25-30-9-8-24-56-30/h7-15,24,26-27,34,42H,1-6,16-23,25H2,(H,43,44)(H,46,52,53). The van der Waals surface area contributed by atoms with Gasteiger partial charge in [0.1, 0.15) is 18.1 Å². The summed E-state index contributed by atoms with van der Waals surface area (Å²) in [4.78, 5) is 61.0. The van der Waals surface area contributed by atoms with E-state index in [-0.39, 0.29) is 18.7 Å². The molecule has 1 unspecified atom stereocenters. The van der Waals surface area contributed by atoms with E-state index in [0.29, 0.717) is 35.9 Å². The number of nitrogens with one attached hydrogen (secondary N) is 3. The lowest BCUT2D eigenvalue weighted by atomic mass is 10.0. The minimum absolute atomic E-state index is 0.0988. The van der Waals surface area contributed by atoms with Crippen LogP contribution in [0.1, 0.15) is 77.8 Å². The molecule has 56 heavy (non-hydrogen) atoms. The number of piperazine rings is 1. The molecule has 0 radical (unpaired) electrons. The predicted molar refractivity (Wildman–Crippen MR) is 210 cm³/mol. The molecule has 15 nitrogen and oxygen atoms in total. The van der Waals surface area contributed by atoms with E-state index in [1.54, 1.807) is 30.8 Å². The number of rotatable bonds is 16. The zero-order chi connectivity index (χ0) is 38.4. The average molecular weight is 759 g/mol. The van der Waals surface area contributed by atoms with Gasteiger partial charge in [0.15, 0.2) is 5.65 Å². The number of nitrogens with zero attached hydrogens (tertiary/aromatic N) is 7. The van der Waals surface area contributed by atoms with Crippen LogP contribution in [0.25, 0.3) is 16.8 Å². The molecule has 290 valence electrons. The number of aromatic nitrogens is 4. The first-order valence-electron chi connectivity index (χ1n) is 19.6. The molecule has 8 rings (SSSR count). The highest BCUT2D eigenvalue weighted by atomic mass is 16.3. The van der Waals surface area contributed by atoms with Crippen LogP contribution in [0, 0.1) is 0 Å². The van der Waals surface area contributed by atoms with Gasteiger partial charge in [0.05, 0.1) is 23.9 Å². The first kappa shape index (κ1) is 36.9. The van der Waals surface area contributed by atoms with Gasteiger partial charge < -0.3 is 20.0 Å². The van der Waals surface area contributed by atoms with Crippen molar-refractivity contribution in [1.82, 2.24) is 34.7 Å². The molecule has 0 bridgehead atoms. The van der Waals surface area contributed by atoms with E-state index in [1.165, 1.54) is 24.9 Å². The maximum Gasteiger partial charge on any atom is 0.264 e. The third kappa shape index (κ3) is 7.85. The summed E-state index contributed by atoms with van der Waals surface area (Å²) < 4.78 is 7.28. The lowest BCUT2D eigenvalue weighted by Gasteiger charge is -2.36. The molecule has 5 aromatic rings. The van der Waals surface area contributed by atoms with E-state index in [4.69, 9.17) is 4.42 Å². The van der Waals surface area contributed by atoms with Crippen molar-refractivity contribution >= 4 is 46.6 Å². The van der Waals surface area contributed by atoms with Gasteiger partial charge in [-0.05, 0) is 67.8 Å². The fourth-order valence-corrected chi connectivity index (χ4v) is 7.87. The molecule has 3 aromatic heterocycles. The third-order valence-electron chi connectivity index (χ3n) is 10.9. The number of hydrogen-bond donors (Lipinski definition) is 3. The molecule has 2 fully saturated rings. The second-order valence-electron chi connectivity index (χ2n) is 14.6. The smallest absolute Gasteiger partial charge is 0.264 e. The van der Waals surface area contributed by atoms with Gasteiger partial charge in [0.2, 0.25) is 17.8 Å². The Labute approximate surface area is 324 Å². The molecule has 15 heteroatoms. The van der Waals surface area contributed by atoms with Gasteiger partial charge in [-0.25, -0.2) is 4.98 Å². The van der Waals surface area contributed by atoms with Crippen LogP contribution in [0.5, 0.6) is 0 Å². The monoisotopic (exact) mass is 758 g/mol. The van der Waals surface area contributed by atoms with Crippen molar-refractivity contribution in [2.45, 2.75) is 64.0 Å². The SMILES string of the molecule is O=C1CCC(N2C(=O)c3cccc(NCCCCCCCCN4CCN(c5ccc(-c6cnc(NCc7ccco7)n7cnnc67)cc5)CC4)c3C2=O)C(=O)N1. The van der Waals surface area contributed by atoms with E-state index in [2.05, 4.69) is 65.2 Å². The lowest BCUT2D eigenvalue weighted by Crippen LogP contribution is -2.54. The Morgan fingerprint density at radius 1 is 0.821 bits per heavy atom. The highest BCUT2D eigenvalue weighted by Crippen LogP contribution is 2.33. The molecule has 0 spiro atoms. The summed E-state index contributed by atoms with van der Waals surface area (Å²) in [6.45, 7) is 6.41. The van der Waals surface area contributed by atoms with Crippen LogP contribution < -0.4 is 20.9 Å². The Morgan fingerprint density at radius 2 is 1.62 bits per heavy atom. The fraction of sp³-hybridized carbons (Fsp3) is 0.390. The molecule has 2 aromatic carbocycles. The molecular weight excluding hydrogens is 713 g/mol. The number of benzene rings is 2. The summed E-state index contributed by atoms with van der Waals surface area (Å²) in [7, 11) is 0. The summed E-state index contributed by atoms with van der Waals surface area (Å²) >= 11 is 0. The van der Waals surface area contributed by atoms with Crippen LogP contribution >= 0.6 is 0 Å². The first-order chi connectivity index (χ1) is 27.4. The Hall–Kier alpha value is -6.09. The number of anilines is 3. The average Bonchev–Trinajstić information content (AvgIpc) is 3.98. The Balaban J connectivity index is 0.719. The molecular formula is C41H46N10O5. The van der Waals surface area contributed by atoms with Crippen molar-refractivity contribution in [2.24, 2.45) is 0 Å². The second kappa shape index (κ2) is 16.7. The molecule has 4 amide bonds. The molecule has 0 saturated carbocycles. The summed E-state index contributed by atoms with van der Waals surface area (Å²) in [5.41, 5.74) is 5.13. The highest BCUT2D eigenvalue weighted by Gasteiger charge is 2.45. The topological polar surface area (TPSA) is 170 Å². The molecule has 2 saturated heterocycles. The third-order valence-corrected chi connectivity index (χ3v) is 10.9. The maximum atomic E-state index is 13.3. The number of amides is 4. The van der Waals surface area contributed by atoms with Crippen LogP contribution in [0.4, 0.5) is 17.3 Å². The zero-order valence-corrected chi connectivity index (χ0v) is 31.3. The van der Waals surface area contributed by atoms with Gasteiger partial charge in [-0.15, -0.1) is 10.2 Å². The van der Waals surface area contributed by atoms with E-state index in [1.807, 2.05) is 22.7 Å². The van der Waals surface area contributed by atoms with Crippen LogP contribution in [0.3, 0.4) is 0 Å². The Morgan fingerprint density at radius 3 is 2.41 bits per heavy atom. The Bertz CT molecular complexity index is 2190. The normalized spacial score (nSPS) is 17.5.